The molecular weight excluding hydrogens is 308 g/mol. The molecule has 2 aromatic carbocycles. The Bertz CT molecular complexity index is 601. The van der Waals surface area contributed by atoms with E-state index in [1.54, 1.807) is 12.1 Å². The van der Waals surface area contributed by atoms with Crippen LogP contribution < -0.4 is 5.32 Å². The molecule has 0 saturated heterocycles. The van der Waals surface area contributed by atoms with Crippen LogP contribution >= 0.6 is 23.2 Å². The molecule has 0 aliphatic carbocycles. The zero-order chi connectivity index (χ0) is 15.2. The van der Waals surface area contributed by atoms with Gasteiger partial charge in [-0.3, -0.25) is 0 Å². The Balaban J connectivity index is 2.25. The Morgan fingerprint density at radius 1 is 1.10 bits per heavy atom. The highest BCUT2D eigenvalue weighted by atomic mass is 35.5. The van der Waals surface area contributed by atoms with Gasteiger partial charge in [-0.15, -0.1) is 0 Å². The van der Waals surface area contributed by atoms with Crippen LogP contribution in [0, 0.1) is 5.82 Å². The summed E-state index contributed by atoms with van der Waals surface area (Å²) in [5.41, 5.74) is 1.66. The zero-order valence-corrected chi connectivity index (χ0v) is 13.4. The summed E-state index contributed by atoms with van der Waals surface area (Å²) in [4.78, 5) is 0. The molecule has 4 heteroatoms. The maximum atomic E-state index is 13.9. The van der Waals surface area contributed by atoms with Gasteiger partial charge in [-0.05, 0) is 60.8 Å². The lowest BCUT2D eigenvalue weighted by molar-refractivity contribution is 0.513. The third-order valence-electron chi connectivity index (χ3n) is 3.32. The lowest BCUT2D eigenvalue weighted by atomic mass is 9.98. The van der Waals surface area contributed by atoms with Crippen molar-refractivity contribution in [2.24, 2.45) is 0 Å². The van der Waals surface area contributed by atoms with E-state index >= 15 is 0 Å². The van der Waals surface area contributed by atoms with Crippen molar-refractivity contribution >= 4 is 23.2 Å². The Kier molecular flexibility index (Phi) is 6.04. The molecule has 1 unspecified atom stereocenters. The first-order valence-corrected chi connectivity index (χ1v) is 7.78. The topological polar surface area (TPSA) is 12.0 Å². The Labute approximate surface area is 135 Å². The van der Waals surface area contributed by atoms with Gasteiger partial charge in [0.25, 0.3) is 0 Å². The number of halogens is 3. The predicted octanol–water partition coefficient (Wildman–Crippen LogP) is 5.42. The van der Waals surface area contributed by atoms with Crippen molar-refractivity contribution in [1.29, 1.82) is 0 Å². The molecule has 0 aromatic heterocycles. The Morgan fingerprint density at radius 3 is 2.57 bits per heavy atom. The van der Waals surface area contributed by atoms with Gasteiger partial charge in [0.15, 0.2) is 0 Å². The summed E-state index contributed by atoms with van der Waals surface area (Å²) in [6.45, 7) is 2.96. The van der Waals surface area contributed by atoms with Crippen LogP contribution in [0.1, 0.15) is 30.5 Å². The molecule has 21 heavy (non-hydrogen) atoms. The molecule has 2 aromatic rings. The summed E-state index contributed by atoms with van der Waals surface area (Å²) in [5.74, 6) is -0.232. The maximum Gasteiger partial charge on any atom is 0.126 e. The minimum absolute atomic E-state index is 0.0108. The van der Waals surface area contributed by atoms with Crippen molar-refractivity contribution < 1.29 is 4.39 Å². The molecule has 0 aliphatic rings. The van der Waals surface area contributed by atoms with Crippen molar-refractivity contribution in [1.82, 2.24) is 5.32 Å². The Hall–Kier alpha value is -1.09. The van der Waals surface area contributed by atoms with Gasteiger partial charge < -0.3 is 5.32 Å². The third-order valence-corrected chi connectivity index (χ3v) is 3.79. The molecule has 2 rings (SSSR count). The van der Waals surface area contributed by atoms with E-state index < -0.39 is 0 Å². The van der Waals surface area contributed by atoms with E-state index in [0.717, 1.165) is 18.5 Å². The van der Waals surface area contributed by atoms with Crippen LogP contribution in [0.5, 0.6) is 0 Å². The van der Waals surface area contributed by atoms with Crippen LogP contribution in [-0.2, 0) is 6.42 Å². The van der Waals surface area contributed by atoms with Gasteiger partial charge in [0.1, 0.15) is 5.82 Å². The van der Waals surface area contributed by atoms with E-state index in [0.29, 0.717) is 22.0 Å². The van der Waals surface area contributed by atoms with Crippen molar-refractivity contribution in [3.8, 4) is 0 Å². The molecule has 1 atom stereocenters. The fourth-order valence-electron chi connectivity index (χ4n) is 2.27. The van der Waals surface area contributed by atoms with Crippen molar-refractivity contribution in [3.63, 3.8) is 0 Å². The lowest BCUT2D eigenvalue weighted by Crippen LogP contribution is -2.24. The zero-order valence-electron chi connectivity index (χ0n) is 11.9. The molecule has 0 radical (unpaired) electrons. The molecule has 1 N–H and O–H groups in total. The summed E-state index contributed by atoms with van der Waals surface area (Å²) in [6, 6.07) is 12.3. The third kappa shape index (κ3) is 4.70. The van der Waals surface area contributed by atoms with Crippen LogP contribution in [0.3, 0.4) is 0 Å². The molecule has 0 bridgehead atoms. The standard InChI is InChI=1S/C17H18Cl2FN/c1-2-8-21-17(12-4-3-5-14(18)9-12)11-13-10-15(19)6-7-16(13)20/h3-7,9-10,17,21H,2,8,11H2,1H3. The number of benzene rings is 2. The van der Waals surface area contributed by atoms with E-state index in [9.17, 15) is 4.39 Å². The van der Waals surface area contributed by atoms with Gasteiger partial charge >= 0.3 is 0 Å². The summed E-state index contributed by atoms with van der Waals surface area (Å²) < 4.78 is 13.9. The molecule has 0 aliphatic heterocycles. The average Bonchev–Trinajstić information content (AvgIpc) is 2.47. The number of hydrogen-bond acceptors (Lipinski definition) is 1. The van der Waals surface area contributed by atoms with Gasteiger partial charge in [0.05, 0.1) is 0 Å². The fraction of sp³-hybridized carbons (Fsp3) is 0.294. The quantitative estimate of drug-likeness (QED) is 0.748. The lowest BCUT2D eigenvalue weighted by Gasteiger charge is -2.20. The van der Waals surface area contributed by atoms with Gasteiger partial charge in [-0.25, -0.2) is 4.39 Å². The molecule has 0 spiro atoms. The molecule has 0 fully saturated rings. The van der Waals surface area contributed by atoms with Crippen LogP contribution in [0.25, 0.3) is 0 Å². The smallest absolute Gasteiger partial charge is 0.126 e. The van der Waals surface area contributed by atoms with Crippen LogP contribution in [0.15, 0.2) is 42.5 Å². The average molecular weight is 326 g/mol. The summed E-state index contributed by atoms with van der Waals surface area (Å²) in [7, 11) is 0. The van der Waals surface area contributed by atoms with E-state index in [1.165, 1.54) is 6.07 Å². The molecule has 1 nitrogen and oxygen atoms in total. The highest BCUT2D eigenvalue weighted by molar-refractivity contribution is 6.30. The first kappa shape index (κ1) is 16.3. The van der Waals surface area contributed by atoms with Crippen molar-refractivity contribution in [3.05, 3.63) is 69.5 Å². The van der Waals surface area contributed by atoms with Crippen molar-refractivity contribution in [2.75, 3.05) is 6.54 Å². The van der Waals surface area contributed by atoms with E-state index in [-0.39, 0.29) is 11.9 Å². The minimum Gasteiger partial charge on any atom is -0.310 e. The first-order valence-electron chi connectivity index (χ1n) is 7.03. The first-order chi connectivity index (χ1) is 10.1. The number of rotatable bonds is 6. The second-order valence-corrected chi connectivity index (χ2v) is 5.87. The van der Waals surface area contributed by atoms with E-state index in [1.807, 2.05) is 24.3 Å². The van der Waals surface area contributed by atoms with Crippen LogP contribution in [-0.4, -0.2) is 6.54 Å². The predicted molar refractivity (Wildman–Crippen MR) is 87.6 cm³/mol. The van der Waals surface area contributed by atoms with Crippen LogP contribution in [0.2, 0.25) is 10.0 Å². The normalized spacial score (nSPS) is 12.4. The minimum atomic E-state index is -0.232. The number of hydrogen-bond donors (Lipinski definition) is 1. The number of nitrogens with one attached hydrogen (secondary N) is 1. The van der Waals surface area contributed by atoms with Crippen molar-refractivity contribution in [2.45, 2.75) is 25.8 Å². The monoisotopic (exact) mass is 325 g/mol. The maximum absolute atomic E-state index is 13.9. The highest BCUT2D eigenvalue weighted by Crippen LogP contribution is 2.24. The van der Waals surface area contributed by atoms with Gasteiger partial charge in [0, 0.05) is 16.1 Å². The van der Waals surface area contributed by atoms with Crippen LogP contribution in [0.4, 0.5) is 4.39 Å². The van der Waals surface area contributed by atoms with Gasteiger partial charge in [-0.2, -0.15) is 0 Å². The summed E-state index contributed by atoms with van der Waals surface area (Å²) >= 11 is 12.0. The van der Waals surface area contributed by atoms with E-state index in [2.05, 4.69) is 12.2 Å². The highest BCUT2D eigenvalue weighted by Gasteiger charge is 2.14. The second-order valence-electron chi connectivity index (χ2n) is 5.00. The second kappa shape index (κ2) is 7.79. The van der Waals surface area contributed by atoms with Gasteiger partial charge in [0.2, 0.25) is 0 Å². The fourth-order valence-corrected chi connectivity index (χ4v) is 2.66. The van der Waals surface area contributed by atoms with E-state index in [4.69, 9.17) is 23.2 Å². The Morgan fingerprint density at radius 2 is 1.86 bits per heavy atom. The molecule has 0 heterocycles. The SMILES string of the molecule is CCCNC(Cc1cc(Cl)ccc1F)c1cccc(Cl)c1. The summed E-state index contributed by atoms with van der Waals surface area (Å²) in [5, 5.41) is 4.67. The van der Waals surface area contributed by atoms with Gasteiger partial charge in [-0.1, -0.05) is 42.3 Å². The molecule has 0 saturated carbocycles. The summed E-state index contributed by atoms with van der Waals surface area (Å²) in [6.07, 6.45) is 1.54. The molecular formula is C17H18Cl2FN. The molecule has 0 amide bonds. The molecule has 112 valence electrons. The largest absolute Gasteiger partial charge is 0.310 e.